The maximum atomic E-state index is 9.47. The van der Waals surface area contributed by atoms with Crippen molar-refractivity contribution >= 4 is 10.4 Å². The Morgan fingerprint density at radius 3 is 1.76 bits per heavy atom. The van der Waals surface area contributed by atoms with Crippen LogP contribution in [0.4, 0.5) is 0 Å². The van der Waals surface area contributed by atoms with Crippen LogP contribution < -0.4 is 0 Å². The van der Waals surface area contributed by atoms with Crippen LogP contribution in [0.25, 0.3) is 0 Å². The molecule has 0 saturated carbocycles. The van der Waals surface area contributed by atoms with Crippen LogP contribution in [0.1, 0.15) is 47.0 Å². The largest absolute Gasteiger partial charge is 0.394 e. The summed E-state index contributed by atoms with van der Waals surface area (Å²) in [6, 6.07) is 0. The Bertz CT molecular complexity index is 270. The van der Waals surface area contributed by atoms with Crippen molar-refractivity contribution in [1.82, 2.24) is 0 Å². The molecule has 1 atom stereocenters. The molecule has 0 rings (SSSR count). The second-order valence-corrected chi connectivity index (χ2v) is 5.98. The number of hydrogen-bond donors (Lipinski definition) is 4. The molecule has 0 amide bonds. The maximum absolute atomic E-state index is 9.47. The van der Waals surface area contributed by atoms with Crippen molar-refractivity contribution in [2.45, 2.75) is 58.7 Å². The van der Waals surface area contributed by atoms with Crippen molar-refractivity contribution in [3.8, 4) is 0 Å². The van der Waals surface area contributed by atoms with Gasteiger partial charge in [-0.15, -0.1) is 0 Å². The zero-order valence-corrected chi connectivity index (χ0v) is 11.6. The van der Waals surface area contributed by atoms with Gasteiger partial charge in [-0.05, 0) is 39.0 Å². The first-order valence-electron chi connectivity index (χ1n) is 5.41. The minimum absolute atomic E-state index is 0.253. The lowest BCUT2D eigenvalue weighted by atomic mass is 9.96. The summed E-state index contributed by atoms with van der Waals surface area (Å²) in [6.45, 7) is 7.73. The van der Waals surface area contributed by atoms with Gasteiger partial charge in [0.05, 0.1) is 11.7 Å². The second kappa shape index (κ2) is 7.99. The van der Waals surface area contributed by atoms with Crippen molar-refractivity contribution < 1.29 is 27.7 Å². The van der Waals surface area contributed by atoms with Gasteiger partial charge in [0, 0.05) is 0 Å². The molecule has 0 heterocycles. The van der Waals surface area contributed by atoms with Gasteiger partial charge in [-0.3, -0.25) is 9.11 Å². The lowest BCUT2D eigenvalue weighted by molar-refractivity contribution is 0.0444. The van der Waals surface area contributed by atoms with E-state index in [-0.39, 0.29) is 6.10 Å². The van der Waals surface area contributed by atoms with Crippen molar-refractivity contribution in [2.75, 3.05) is 0 Å². The molecule has 106 valence electrons. The van der Waals surface area contributed by atoms with E-state index in [1.54, 1.807) is 13.8 Å². The van der Waals surface area contributed by atoms with Gasteiger partial charge in [-0.25, -0.2) is 0 Å². The quantitative estimate of drug-likeness (QED) is 0.561. The third kappa shape index (κ3) is 31.3. The Morgan fingerprint density at radius 2 is 1.53 bits per heavy atom. The van der Waals surface area contributed by atoms with Crippen LogP contribution in [0.2, 0.25) is 0 Å². The maximum Gasteiger partial charge on any atom is 0.394 e. The Morgan fingerprint density at radius 1 is 1.18 bits per heavy atom. The highest BCUT2D eigenvalue weighted by Gasteiger charge is 2.15. The predicted octanol–water partition coefficient (Wildman–Crippen LogP) is 1.29. The van der Waals surface area contributed by atoms with Crippen LogP contribution in [-0.4, -0.2) is 39.4 Å². The van der Waals surface area contributed by atoms with Gasteiger partial charge >= 0.3 is 10.4 Å². The van der Waals surface area contributed by atoms with E-state index in [9.17, 15) is 10.2 Å². The summed E-state index contributed by atoms with van der Waals surface area (Å²) in [5.74, 6) is 0.529. The summed E-state index contributed by atoms with van der Waals surface area (Å²) in [7, 11) is -4.67. The molecule has 0 radical (unpaired) electrons. The molecule has 1 unspecified atom stereocenters. The number of hydrogen-bond acceptors (Lipinski definition) is 4. The highest BCUT2D eigenvalue weighted by molar-refractivity contribution is 7.79. The van der Waals surface area contributed by atoms with Crippen LogP contribution in [0.5, 0.6) is 0 Å². The third-order valence-electron chi connectivity index (χ3n) is 1.83. The van der Waals surface area contributed by atoms with Crippen LogP contribution in [0.3, 0.4) is 0 Å². The fourth-order valence-corrected chi connectivity index (χ4v) is 1.18. The average Bonchev–Trinajstić information content (AvgIpc) is 1.94. The summed E-state index contributed by atoms with van der Waals surface area (Å²) < 4.78 is 31.6. The van der Waals surface area contributed by atoms with E-state index in [2.05, 4.69) is 13.8 Å². The summed E-state index contributed by atoms with van der Waals surface area (Å²) >= 11 is 0. The summed E-state index contributed by atoms with van der Waals surface area (Å²) in [4.78, 5) is 0. The fourth-order valence-electron chi connectivity index (χ4n) is 1.18. The fraction of sp³-hybridized carbons (Fsp3) is 1.00. The van der Waals surface area contributed by atoms with Gasteiger partial charge < -0.3 is 10.2 Å². The first-order chi connectivity index (χ1) is 7.31. The van der Waals surface area contributed by atoms with Gasteiger partial charge in [0.25, 0.3) is 0 Å². The van der Waals surface area contributed by atoms with E-state index >= 15 is 0 Å². The molecule has 0 bridgehead atoms. The van der Waals surface area contributed by atoms with Gasteiger partial charge in [-0.1, -0.05) is 13.8 Å². The lowest BCUT2D eigenvalue weighted by Gasteiger charge is -2.20. The van der Waals surface area contributed by atoms with E-state index in [4.69, 9.17) is 17.5 Å². The lowest BCUT2D eigenvalue weighted by Crippen LogP contribution is -2.22. The van der Waals surface area contributed by atoms with Crippen molar-refractivity contribution in [3.63, 3.8) is 0 Å². The molecule has 0 aromatic carbocycles. The molecular weight excluding hydrogens is 248 g/mol. The zero-order valence-electron chi connectivity index (χ0n) is 10.8. The van der Waals surface area contributed by atoms with Gasteiger partial charge in [-0.2, -0.15) is 8.42 Å². The Balaban J connectivity index is 0. The molecular formula is C10H24O6S. The summed E-state index contributed by atoms with van der Waals surface area (Å²) in [6.07, 6.45) is 1.94. The highest BCUT2D eigenvalue weighted by atomic mass is 32.3. The minimum Gasteiger partial charge on any atom is -0.393 e. The van der Waals surface area contributed by atoms with Gasteiger partial charge in [0.2, 0.25) is 0 Å². The Labute approximate surface area is 103 Å². The van der Waals surface area contributed by atoms with E-state index in [1.807, 2.05) is 0 Å². The molecule has 0 aromatic rings. The number of aliphatic hydroxyl groups excluding tert-OH is 1. The molecule has 7 heteroatoms. The van der Waals surface area contributed by atoms with Crippen LogP contribution in [0.15, 0.2) is 0 Å². The monoisotopic (exact) mass is 272 g/mol. The molecule has 0 aliphatic rings. The molecule has 0 aliphatic heterocycles. The highest BCUT2D eigenvalue weighted by Crippen LogP contribution is 2.15. The second-order valence-electron chi connectivity index (χ2n) is 5.08. The number of rotatable bonds is 5. The molecule has 0 aliphatic carbocycles. The number of aliphatic hydroxyl groups is 2. The summed E-state index contributed by atoms with van der Waals surface area (Å²) in [5.41, 5.74) is -0.641. The SMILES string of the molecule is CC(C)CC(O)CCC(C)(C)O.O=S(=O)(O)O. The van der Waals surface area contributed by atoms with E-state index < -0.39 is 16.0 Å². The van der Waals surface area contributed by atoms with E-state index in [1.165, 1.54) is 0 Å². The Kier molecular flexibility index (Phi) is 9.00. The van der Waals surface area contributed by atoms with Crippen molar-refractivity contribution in [2.24, 2.45) is 5.92 Å². The molecule has 0 aromatic heterocycles. The smallest absolute Gasteiger partial charge is 0.393 e. The van der Waals surface area contributed by atoms with Crippen molar-refractivity contribution in [1.29, 1.82) is 0 Å². The van der Waals surface area contributed by atoms with Crippen LogP contribution in [0, 0.1) is 5.92 Å². The Hall–Kier alpha value is -0.210. The molecule has 4 N–H and O–H groups in total. The van der Waals surface area contributed by atoms with E-state index in [0.29, 0.717) is 18.8 Å². The first kappa shape index (κ1) is 19.1. The van der Waals surface area contributed by atoms with Gasteiger partial charge in [0.1, 0.15) is 0 Å². The molecule has 6 nitrogen and oxygen atoms in total. The normalized spacial score (nSPS) is 14.2. The molecule has 17 heavy (non-hydrogen) atoms. The van der Waals surface area contributed by atoms with Gasteiger partial charge in [0.15, 0.2) is 0 Å². The summed E-state index contributed by atoms with van der Waals surface area (Å²) in [5, 5.41) is 18.9. The minimum atomic E-state index is -4.67. The third-order valence-corrected chi connectivity index (χ3v) is 1.83. The predicted molar refractivity (Wildman–Crippen MR) is 65.2 cm³/mol. The zero-order chi connectivity index (χ0) is 14.3. The standard InChI is InChI=1S/C10H22O2.H2O4S/c1-8(2)7-9(11)5-6-10(3,4)12;1-5(2,3)4/h8-9,11-12H,5-7H2,1-4H3;(H2,1,2,3,4). The van der Waals surface area contributed by atoms with Crippen molar-refractivity contribution in [3.05, 3.63) is 0 Å². The van der Waals surface area contributed by atoms with Crippen LogP contribution >= 0.6 is 0 Å². The molecule has 0 fully saturated rings. The van der Waals surface area contributed by atoms with Crippen LogP contribution in [-0.2, 0) is 10.4 Å². The molecule has 0 spiro atoms. The van der Waals surface area contributed by atoms with E-state index in [0.717, 1.165) is 6.42 Å². The topological polar surface area (TPSA) is 115 Å². The molecule has 0 saturated heterocycles. The average molecular weight is 272 g/mol. The first-order valence-corrected chi connectivity index (χ1v) is 6.81.